The van der Waals surface area contributed by atoms with Crippen molar-refractivity contribution >= 4 is 10.0 Å². The van der Waals surface area contributed by atoms with Crippen molar-refractivity contribution in [2.24, 2.45) is 5.92 Å². The number of piperazine rings is 1. The Morgan fingerprint density at radius 1 is 1.29 bits per heavy atom. The lowest BCUT2D eigenvalue weighted by Gasteiger charge is -2.38. The summed E-state index contributed by atoms with van der Waals surface area (Å²) in [6.45, 7) is 9.52. The molecule has 0 aliphatic carbocycles. The van der Waals surface area contributed by atoms with Crippen molar-refractivity contribution in [3.63, 3.8) is 0 Å². The standard InChI is InChI=1S/C12H26N2O2S/c1-5-12(6-2)9-17(15,16)14-8-7-13-10(3)11(14)4/h10-13H,5-9H2,1-4H3. The molecule has 0 saturated carbocycles. The highest BCUT2D eigenvalue weighted by atomic mass is 32.2. The Labute approximate surface area is 106 Å². The largest absolute Gasteiger partial charge is 0.311 e. The third kappa shape index (κ3) is 3.66. The van der Waals surface area contributed by atoms with Crippen molar-refractivity contribution in [1.29, 1.82) is 0 Å². The Morgan fingerprint density at radius 2 is 1.88 bits per heavy atom. The summed E-state index contributed by atoms with van der Waals surface area (Å²) in [5.74, 6) is 0.592. The summed E-state index contributed by atoms with van der Waals surface area (Å²) in [6, 6.07) is 0.295. The second kappa shape index (κ2) is 6.16. The van der Waals surface area contributed by atoms with Gasteiger partial charge in [-0.15, -0.1) is 0 Å². The van der Waals surface area contributed by atoms with E-state index in [2.05, 4.69) is 19.2 Å². The van der Waals surface area contributed by atoms with Crippen molar-refractivity contribution in [1.82, 2.24) is 9.62 Å². The molecule has 0 spiro atoms. The monoisotopic (exact) mass is 262 g/mol. The van der Waals surface area contributed by atoms with Crippen molar-refractivity contribution in [3.8, 4) is 0 Å². The minimum atomic E-state index is -3.10. The lowest BCUT2D eigenvalue weighted by molar-refractivity contribution is 0.231. The first-order valence-corrected chi connectivity index (χ1v) is 8.26. The Balaban J connectivity index is 2.75. The topological polar surface area (TPSA) is 49.4 Å². The van der Waals surface area contributed by atoms with Gasteiger partial charge >= 0.3 is 0 Å². The minimum Gasteiger partial charge on any atom is -0.311 e. The summed E-state index contributed by atoms with van der Waals surface area (Å²) in [4.78, 5) is 0. The summed E-state index contributed by atoms with van der Waals surface area (Å²) in [5.41, 5.74) is 0. The van der Waals surface area contributed by atoms with E-state index < -0.39 is 10.0 Å². The fourth-order valence-electron chi connectivity index (χ4n) is 2.34. The minimum absolute atomic E-state index is 0.0584. The molecule has 1 rings (SSSR count). The first-order chi connectivity index (χ1) is 7.92. The van der Waals surface area contributed by atoms with Crippen LogP contribution in [0.1, 0.15) is 40.5 Å². The zero-order chi connectivity index (χ0) is 13.1. The van der Waals surface area contributed by atoms with Crippen LogP contribution >= 0.6 is 0 Å². The molecule has 1 aliphatic heterocycles. The van der Waals surface area contributed by atoms with Gasteiger partial charge in [0.15, 0.2) is 0 Å². The van der Waals surface area contributed by atoms with Gasteiger partial charge in [-0.1, -0.05) is 26.7 Å². The maximum absolute atomic E-state index is 12.4. The fraction of sp³-hybridized carbons (Fsp3) is 1.00. The van der Waals surface area contributed by atoms with Gasteiger partial charge in [-0.25, -0.2) is 8.42 Å². The van der Waals surface area contributed by atoms with Gasteiger partial charge in [-0.2, -0.15) is 4.31 Å². The van der Waals surface area contributed by atoms with E-state index in [1.165, 1.54) is 0 Å². The van der Waals surface area contributed by atoms with Gasteiger partial charge in [0.2, 0.25) is 10.0 Å². The fourth-order valence-corrected chi connectivity index (χ4v) is 4.65. The van der Waals surface area contributed by atoms with E-state index in [0.29, 0.717) is 12.3 Å². The molecule has 1 fully saturated rings. The van der Waals surface area contributed by atoms with E-state index in [1.54, 1.807) is 4.31 Å². The molecule has 0 aromatic carbocycles. The van der Waals surface area contributed by atoms with Gasteiger partial charge in [0.25, 0.3) is 0 Å². The summed E-state index contributed by atoms with van der Waals surface area (Å²) in [6.07, 6.45) is 1.87. The number of sulfonamides is 1. The molecule has 2 unspecified atom stereocenters. The summed E-state index contributed by atoms with van der Waals surface area (Å²) in [5, 5.41) is 3.31. The van der Waals surface area contributed by atoms with Crippen LogP contribution < -0.4 is 5.32 Å². The molecule has 1 aliphatic rings. The predicted octanol–water partition coefficient (Wildman–Crippen LogP) is 1.43. The van der Waals surface area contributed by atoms with Gasteiger partial charge in [0.1, 0.15) is 0 Å². The van der Waals surface area contributed by atoms with Crippen molar-refractivity contribution in [2.45, 2.75) is 52.6 Å². The first-order valence-electron chi connectivity index (χ1n) is 6.65. The average Bonchev–Trinajstić information content (AvgIpc) is 2.29. The van der Waals surface area contributed by atoms with E-state index in [4.69, 9.17) is 0 Å². The number of nitrogens with one attached hydrogen (secondary N) is 1. The first kappa shape index (κ1) is 14.9. The van der Waals surface area contributed by atoms with Crippen LogP contribution in [0.25, 0.3) is 0 Å². The quantitative estimate of drug-likeness (QED) is 0.815. The van der Waals surface area contributed by atoms with Gasteiger partial charge in [-0.3, -0.25) is 0 Å². The highest BCUT2D eigenvalue weighted by molar-refractivity contribution is 7.89. The van der Waals surface area contributed by atoms with E-state index >= 15 is 0 Å². The zero-order valence-electron chi connectivity index (χ0n) is 11.4. The highest BCUT2D eigenvalue weighted by Crippen LogP contribution is 2.19. The summed E-state index contributed by atoms with van der Waals surface area (Å²) < 4.78 is 26.4. The molecule has 102 valence electrons. The zero-order valence-corrected chi connectivity index (χ0v) is 12.3. The number of hydrogen-bond donors (Lipinski definition) is 1. The van der Waals surface area contributed by atoms with Crippen molar-refractivity contribution in [3.05, 3.63) is 0 Å². The molecule has 0 radical (unpaired) electrons. The molecular formula is C12H26N2O2S. The Bertz CT molecular complexity index is 325. The molecule has 0 aromatic heterocycles. The predicted molar refractivity (Wildman–Crippen MR) is 71.5 cm³/mol. The molecule has 0 aromatic rings. The highest BCUT2D eigenvalue weighted by Gasteiger charge is 2.34. The summed E-state index contributed by atoms with van der Waals surface area (Å²) >= 11 is 0. The Kier molecular flexibility index (Phi) is 5.41. The lowest BCUT2D eigenvalue weighted by Crippen LogP contribution is -2.57. The van der Waals surface area contributed by atoms with Gasteiger partial charge in [0.05, 0.1) is 5.75 Å². The van der Waals surface area contributed by atoms with Gasteiger partial charge in [-0.05, 0) is 19.8 Å². The van der Waals surface area contributed by atoms with Crippen LogP contribution in [-0.2, 0) is 10.0 Å². The van der Waals surface area contributed by atoms with Crippen LogP contribution in [0, 0.1) is 5.92 Å². The van der Waals surface area contributed by atoms with Crippen molar-refractivity contribution in [2.75, 3.05) is 18.8 Å². The average molecular weight is 262 g/mol. The van der Waals surface area contributed by atoms with E-state index in [9.17, 15) is 8.42 Å². The van der Waals surface area contributed by atoms with Crippen molar-refractivity contribution < 1.29 is 8.42 Å². The van der Waals surface area contributed by atoms with Crippen LogP contribution in [0.2, 0.25) is 0 Å². The van der Waals surface area contributed by atoms with Crippen LogP contribution in [0.5, 0.6) is 0 Å². The Morgan fingerprint density at radius 3 is 2.41 bits per heavy atom. The molecule has 5 heteroatoms. The third-order valence-corrected chi connectivity index (χ3v) is 6.06. The molecule has 2 atom stereocenters. The van der Waals surface area contributed by atoms with Gasteiger partial charge in [0, 0.05) is 25.2 Å². The van der Waals surface area contributed by atoms with E-state index in [1.807, 2.05) is 13.8 Å². The normalized spacial score (nSPS) is 27.6. The van der Waals surface area contributed by atoms with Gasteiger partial charge < -0.3 is 5.32 Å². The van der Waals surface area contributed by atoms with E-state index in [0.717, 1.165) is 19.4 Å². The number of rotatable bonds is 5. The summed E-state index contributed by atoms with van der Waals surface area (Å²) in [7, 11) is -3.10. The third-order valence-electron chi connectivity index (χ3n) is 3.93. The van der Waals surface area contributed by atoms with Crippen LogP contribution in [0.3, 0.4) is 0 Å². The molecule has 1 heterocycles. The number of nitrogens with zero attached hydrogens (tertiary/aromatic N) is 1. The molecule has 17 heavy (non-hydrogen) atoms. The van der Waals surface area contributed by atoms with Crippen LogP contribution in [0.15, 0.2) is 0 Å². The Hall–Kier alpha value is -0.130. The lowest BCUT2D eigenvalue weighted by atomic mass is 10.1. The maximum atomic E-state index is 12.4. The molecule has 1 N–H and O–H groups in total. The number of hydrogen-bond acceptors (Lipinski definition) is 3. The second-order valence-electron chi connectivity index (χ2n) is 5.06. The molecule has 0 amide bonds. The maximum Gasteiger partial charge on any atom is 0.214 e. The molecular weight excluding hydrogens is 236 g/mol. The smallest absolute Gasteiger partial charge is 0.214 e. The van der Waals surface area contributed by atoms with Crippen LogP contribution in [-0.4, -0.2) is 43.6 Å². The SMILES string of the molecule is CCC(CC)CS(=O)(=O)N1CCNC(C)C1C. The second-order valence-corrected chi connectivity index (χ2v) is 7.02. The van der Waals surface area contributed by atoms with Crippen LogP contribution in [0.4, 0.5) is 0 Å². The molecule has 1 saturated heterocycles. The van der Waals surface area contributed by atoms with E-state index in [-0.39, 0.29) is 18.0 Å². The molecule has 0 bridgehead atoms. The molecule has 4 nitrogen and oxygen atoms in total.